The van der Waals surface area contributed by atoms with E-state index in [9.17, 15) is 0 Å². The van der Waals surface area contributed by atoms with Crippen LogP contribution in [0, 0.1) is 0 Å². The van der Waals surface area contributed by atoms with E-state index in [4.69, 9.17) is 16.3 Å². The zero-order chi connectivity index (χ0) is 19.0. The maximum absolute atomic E-state index is 6.31. The summed E-state index contributed by atoms with van der Waals surface area (Å²) in [7, 11) is 0. The van der Waals surface area contributed by atoms with Crippen molar-refractivity contribution >= 4 is 17.7 Å². The second-order valence-corrected chi connectivity index (χ2v) is 7.37. The van der Waals surface area contributed by atoms with E-state index in [1.54, 1.807) is 6.20 Å². The Balaban J connectivity index is 1.61. The molecular formula is C23H25ClN2O. The minimum absolute atomic E-state index is 0.290. The number of halogens is 1. The molecule has 0 saturated heterocycles. The molecule has 0 saturated carbocycles. The van der Waals surface area contributed by atoms with Crippen LogP contribution in [-0.4, -0.2) is 21.8 Å². The lowest BCUT2D eigenvalue weighted by atomic mass is 9.96. The van der Waals surface area contributed by atoms with Gasteiger partial charge in [-0.3, -0.25) is 0 Å². The number of imidazole rings is 1. The summed E-state index contributed by atoms with van der Waals surface area (Å²) in [6.45, 7) is 3.50. The van der Waals surface area contributed by atoms with Gasteiger partial charge in [0.2, 0.25) is 0 Å². The minimum atomic E-state index is -0.290. The van der Waals surface area contributed by atoms with Crippen LogP contribution in [0.5, 0.6) is 0 Å². The van der Waals surface area contributed by atoms with Crippen molar-refractivity contribution in [1.29, 1.82) is 0 Å². The third-order valence-electron chi connectivity index (χ3n) is 4.57. The van der Waals surface area contributed by atoms with Crippen LogP contribution in [0.15, 0.2) is 79.4 Å². The number of ether oxygens (including phenoxy) is 1. The molecule has 0 aliphatic rings. The molecule has 1 aromatic heterocycles. The van der Waals surface area contributed by atoms with Gasteiger partial charge in [0.25, 0.3) is 0 Å². The first-order valence-electron chi connectivity index (χ1n) is 9.19. The molecule has 0 bridgehead atoms. The van der Waals surface area contributed by atoms with Gasteiger partial charge in [-0.2, -0.15) is 0 Å². The zero-order valence-corrected chi connectivity index (χ0v) is 16.3. The molecule has 0 spiro atoms. The van der Waals surface area contributed by atoms with Crippen molar-refractivity contribution in [2.24, 2.45) is 0 Å². The molecule has 0 radical (unpaired) electrons. The van der Waals surface area contributed by atoms with Crippen LogP contribution in [0.1, 0.15) is 24.5 Å². The van der Waals surface area contributed by atoms with E-state index in [0.29, 0.717) is 6.61 Å². The van der Waals surface area contributed by atoms with E-state index >= 15 is 0 Å². The minimum Gasteiger partial charge on any atom is -0.369 e. The first-order chi connectivity index (χ1) is 13.1. The molecule has 3 nitrogen and oxygen atoms in total. The van der Waals surface area contributed by atoms with Gasteiger partial charge in [-0.15, -0.1) is 0 Å². The lowest BCUT2D eigenvalue weighted by Gasteiger charge is -2.30. The van der Waals surface area contributed by atoms with E-state index in [-0.39, 0.29) is 5.60 Å². The molecule has 0 fully saturated rings. The van der Waals surface area contributed by atoms with Gasteiger partial charge in [0, 0.05) is 17.4 Å². The molecule has 1 atom stereocenters. The SMILES string of the molecule is CC(CCc1ccc(Cl)cc1)(Cn1ccnc1)OCC=Cc1ccccc1. The molecule has 3 aromatic rings. The largest absolute Gasteiger partial charge is 0.369 e. The van der Waals surface area contributed by atoms with E-state index in [2.05, 4.69) is 52.9 Å². The van der Waals surface area contributed by atoms with Crippen LogP contribution in [0.3, 0.4) is 0 Å². The standard InChI is InChI=1S/C23H25ClN2O/c1-23(18-26-16-15-25-19-26,14-13-21-9-11-22(24)12-10-21)27-17-5-8-20-6-3-2-4-7-20/h2-12,15-16,19H,13-14,17-18H2,1H3. The van der Waals surface area contributed by atoms with Crippen molar-refractivity contribution in [3.63, 3.8) is 0 Å². The zero-order valence-electron chi connectivity index (χ0n) is 15.6. The van der Waals surface area contributed by atoms with E-state index < -0.39 is 0 Å². The quantitative estimate of drug-likeness (QED) is 0.479. The number of hydrogen-bond acceptors (Lipinski definition) is 2. The van der Waals surface area contributed by atoms with Crippen molar-refractivity contribution in [1.82, 2.24) is 9.55 Å². The highest BCUT2D eigenvalue weighted by molar-refractivity contribution is 6.30. The van der Waals surface area contributed by atoms with Crippen LogP contribution in [0.4, 0.5) is 0 Å². The summed E-state index contributed by atoms with van der Waals surface area (Å²) >= 11 is 5.99. The highest BCUT2D eigenvalue weighted by Gasteiger charge is 2.25. The molecule has 3 rings (SSSR count). The fourth-order valence-electron chi connectivity index (χ4n) is 3.02. The van der Waals surface area contributed by atoms with Crippen LogP contribution in [-0.2, 0) is 17.7 Å². The molecule has 4 heteroatoms. The number of rotatable bonds is 9. The Hall–Kier alpha value is -2.36. The summed E-state index contributed by atoms with van der Waals surface area (Å²) < 4.78 is 8.38. The Bertz CT molecular complexity index is 829. The third kappa shape index (κ3) is 6.38. The summed E-state index contributed by atoms with van der Waals surface area (Å²) in [5.41, 5.74) is 2.15. The smallest absolute Gasteiger partial charge is 0.0946 e. The van der Waals surface area contributed by atoms with E-state index in [0.717, 1.165) is 24.4 Å². The van der Waals surface area contributed by atoms with Gasteiger partial charge in [-0.25, -0.2) is 4.98 Å². The molecule has 0 aliphatic carbocycles. The van der Waals surface area contributed by atoms with Gasteiger partial charge in [-0.05, 0) is 43.0 Å². The predicted octanol–water partition coefficient (Wildman–Crippen LogP) is 5.66. The molecule has 27 heavy (non-hydrogen) atoms. The number of nitrogens with zero attached hydrogens (tertiary/aromatic N) is 2. The maximum atomic E-state index is 6.31. The van der Waals surface area contributed by atoms with Crippen molar-refractivity contribution in [3.8, 4) is 0 Å². The van der Waals surface area contributed by atoms with Gasteiger partial charge in [0.1, 0.15) is 0 Å². The number of benzene rings is 2. The van der Waals surface area contributed by atoms with Crippen molar-refractivity contribution < 1.29 is 4.74 Å². The van der Waals surface area contributed by atoms with Crippen molar-refractivity contribution in [2.75, 3.05) is 6.61 Å². The Morgan fingerprint density at radius 1 is 1.11 bits per heavy atom. The summed E-state index contributed by atoms with van der Waals surface area (Å²) in [5.74, 6) is 0. The molecule has 0 N–H and O–H groups in total. The summed E-state index contributed by atoms with van der Waals surface area (Å²) in [6.07, 6.45) is 11.6. The maximum Gasteiger partial charge on any atom is 0.0946 e. The number of aromatic nitrogens is 2. The highest BCUT2D eigenvalue weighted by Crippen LogP contribution is 2.22. The summed E-state index contributed by atoms with van der Waals surface area (Å²) in [6, 6.07) is 18.3. The van der Waals surface area contributed by atoms with Crippen LogP contribution in [0.25, 0.3) is 6.08 Å². The molecule has 140 valence electrons. The lowest BCUT2D eigenvalue weighted by Crippen LogP contribution is -2.34. The lowest BCUT2D eigenvalue weighted by molar-refractivity contribution is -0.0350. The summed E-state index contributed by atoms with van der Waals surface area (Å²) in [4.78, 5) is 4.15. The van der Waals surface area contributed by atoms with Gasteiger partial charge in [0.05, 0.1) is 25.1 Å². The number of hydrogen-bond donors (Lipinski definition) is 0. The van der Waals surface area contributed by atoms with E-state index in [1.807, 2.05) is 42.9 Å². The van der Waals surface area contributed by atoms with Gasteiger partial charge >= 0.3 is 0 Å². The Labute approximate surface area is 166 Å². The average molecular weight is 381 g/mol. The molecule has 1 unspecified atom stereocenters. The Morgan fingerprint density at radius 2 is 1.89 bits per heavy atom. The van der Waals surface area contributed by atoms with Gasteiger partial charge < -0.3 is 9.30 Å². The first kappa shape index (κ1) is 19.4. The second-order valence-electron chi connectivity index (χ2n) is 6.94. The topological polar surface area (TPSA) is 27.1 Å². The monoisotopic (exact) mass is 380 g/mol. The molecule has 0 aliphatic heterocycles. The molecule has 0 amide bonds. The van der Waals surface area contributed by atoms with Crippen LogP contribution in [0.2, 0.25) is 5.02 Å². The van der Waals surface area contributed by atoms with Gasteiger partial charge in [-0.1, -0.05) is 66.2 Å². The van der Waals surface area contributed by atoms with Crippen LogP contribution < -0.4 is 0 Å². The van der Waals surface area contributed by atoms with Crippen molar-refractivity contribution in [2.45, 2.75) is 31.9 Å². The van der Waals surface area contributed by atoms with Gasteiger partial charge in [0.15, 0.2) is 0 Å². The van der Waals surface area contributed by atoms with Crippen LogP contribution >= 0.6 is 11.6 Å². The molecule has 1 heterocycles. The number of aryl methyl sites for hydroxylation is 1. The third-order valence-corrected chi connectivity index (χ3v) is 4.82. The summed E-state index contributed by atoms with van der Waals surface area (Å²) in [5, 5.41) is 0.766. The molecular weight excluding hydrogens is 356 g/mol. The molecule has 2 aromatic carbocycles. The predicted molar refractivity (Wildman–Crippen MR) is 112 cm³/mol. The first-order valence-corrected chi connectivity index (χ1v) is 9.57. The Kier molecular flexibility index (Phi) is 6.86. The fourth-order valence-corrected chi connectivity index (χ4v) is 3.15. The van der Waals surface area contributed by atoms with Crippen molar-refractivity contribution in [3.05, 3.63) is 95.5 Å². The highest BCUT2D eigenvalue weighted by atomic mass is 35.5. The Morgan fingerprint density at radius 3 is 2.59 bits per heavy atom. The van der Waals surface area contributed by atoms with E-state index in [1.165, 1.54) is 11.1 Å². The average Bonchev–Trinajstić information content (AvgIpc) is 3.19. The normalized spacial score (nSPS) is 13.7. The fraction of sp³-hybridized carbons (Fsp3) is 0.261. The second kappa shape index (κ2) is 9.54.